The molecule has 0 aliphatic heterocycles. The Morgan fingerprint density at radius 3 is 2.05 bits per heavy atom. The second kappa shape index (κ2) is 6.64. The molecule has 0 radical (unpaired) electrons. The maximum atomic E-state index is 2.23. The van der Waals surface area contributed by atoms with Crippen LogP contribution >= 0.6 is 11.8 Å². The van der Waals surface area contributed by atoms with Crippen molar-refractivity contribution in [3.05, 3.63) is 95.6 Å². The van der Waals surface area contributed by atoms with Gasteiger partial charge in [0.2, 0.25) is 0 Å². The van der Waals surface area contributed by atoms with Crippen LogP contribution in [0.5, 0.6) is 0 Å². The van der Waals surface area contributed by atoms with Crippen LogP contribution in [0.2, 0.25) is 0 Å². The topological polar surface area (TPSA) is 0 Å². The summed E-state index contributed by atoms with van der Waals surface area (Å²) in [5.74, 6) is 0. The lowest BCUT2D eigenvalue weighted by Gasteiger charge is -2.11. The van der Waals surface area contributed by atoms with Crippen LogP contribution in [0.3, 0.4) is 0 Å². The van der Waals surface area contributed by atoms with E-state index in [-0.39, 0.29) is 0 Å². The van der Waals surface area contributed by atoms with E-state index in [9.17, 15) is 0 Å². The number of rotatable bonds is 4. The van der Waals surface area contributed by atoms with Crippen molar-refractivity contribution < 1.29 is 0 Å². The zero-order valence-corrected chi connectivity index (χ0v) is 12.9. The average Bonchev–Trinajstić information content (AvgIpc) is 2.52. The van der Waals surface area contributed by atoms with Crippen molar-refractivity contribution in [2.75, 3.05) is 0 Å². The molecule has 0 nitrogen and oxygen atoms in total. The minimum Gasteiger partial charge on any atom is -0.0898 e. The molecule has 3 aromatic carbocycles. The first-order valence-corrected chi connectivity index (χ1v) is 8.00. The van der Waals surface area contributed by atoms with Crippen molar-refractivity contribution >= 4 is 11.8 Å². The van der Waals surface area contributed by atoms with Crippen molar-refractivity contribution in [3.63, 3.8) is 0 Å². The lowest BCUT2D eigenvalue weighted by molar-refractivity contribution is 1.10. The molecule has 0 spiro atoms. The predicted molar refractivity (Wildman–Crippen MR) is 91.0 cm³/mol. The SMILES string of the molecule is Cc1ccccc1Cc1ccccc1Sc1ccccc1. The fourth-order valence-corrected chi connectivity index (χ4v) is 3.34. The van der Waals surface area contributed by atoms with E-state index >= 15 is 0 Å². The maximum absolute atomic E-state index is 2.23. The smallest absolute Gasteiger partial charge is 0.0157 e. The van der Waals surface area contributed by atoms with Gasteiger partial charge in [0.25, 0.3) is 0 Å². The monoisotopic (exact) mass is 290 g/mol. The molecule has 0 bridgehead atoms. The van der Waals surface area contributed by atoms with E-state index in [1.54, 1.807) is 0 Å². The van der Waals surface area contributed by atoms with E-state index in [1.807, 2.05) is 11.8 Å². The highest BCUT2D eigenvalue weighted by Gasteiger charge is 2.06. The second-order valence-corrected chi connectivity index (χ2v) is 6.24. The molecule has 1 heteroatoms. The summed E-state index contributed by atoms with van der Waals surface area (Å²) in [6.07, 6.45) is 0.989. The van der Waals surface area contributed by atoms with Gasteiger partial charge in [-0.2, -0.15) is 0 Å². The van der Waals surface area contributed by atoms with Crippen LogP contribution in [-0.4, -0.2) is 0 Å². The van der Waals surface area contributed by atoms with Crippen LogP contribution < -0.4 is 0 Å². The molecule has 21 heavy (non-hydrogen) atoms. The van der Waals surface area contributed by atoms with Gasteiger partial charge >= 0.3 is 0 Å². The molecule has 104 valence electrons. The number of hydrogen-bond donors (Lipinski definition) is 0. The van der Waals surface area contributed by atoms with E-state index in [2.05, 4.69) is 85.8 Å². The van der Waals surface area contributed by atoms with Gasteiger partial charge in [-0.15, -0.1) is 0 Å². The second-order valence-electron chi connectivity index (χ2n) is 5.13. The van der Waals surface area contributed by atoms with Gasteiger partial charge in [-0.3, -0.25) is 0 Å². The molecule has 0 atom stereocenters. The summed E-state index contributed by atoms with van der Waals surface area (Å²) in [4.78, 5) is 2.63. The first-order valence-electron chi connectivity index (χ1n) is 7.18. The van der Waals surface area contributed by atoms with Crippen molar-refractivity contribution in [2.45, 2.75) is 23.1 Å². The summed E-state index contributed by atoms with van der Waals surface area (Å²) >= 11 is 1.84. The zero-order chi connectivity index (χ0) is 14.5. The molecule has 0 aliphatic carbocycles. The molecule has 0 saturated carbocycles. The predicted octanol–water partition coefficient (Wildman–Crippen LogP) is 5.74. The van der Waals surface area contributed by atoms with Gasteiger partial charge in [0.05, 0.1) is 0 Å². The minimum absolute atomic E-state index is 0.989. The van der Waals surface area contributed by atoms with Crippen LogP contribution in [0.15, 0.2) is 88.7 Å². The van der Waals surface area contributed by atoms with Crippen molar-refractivity contribution in [1.82, 2.24) is 0 Å². The van der Waals surface area contributed by atoms with Crippen LogP contribution in [0.1, 0.15) is 16.7 Å². The lowest BCUT2D eigenvalue weighted by Crippen LogP contribution is -1.93. The summed E-state index contributed by atoms with van der Waals surface area (Å²) in [5, 5.41) is 0. The Morgan fingerprint density at radius 1 is 0.667 bits per heavy atom. The third kappa shape index (κ3) is 3.56. The summed E-state index contributed by atoms with van der Waals surface area (Å²) in [7, 11) is 0. The molecule has 0 unspecified atom stereocenters. The van der Waals surface area contributed by atoms with Crippen LogP contribution in [-0.2, 0) is 6.42 Å². The van der Waals surface area contributed by atoms with Crippen molar-refractivity contribution in [1.29, 1.82) is 0 Å². The highest BCUT2D eigenvalue weighted by atomic mass is 32.2. The van der Waals surface area contributed by atoms with Crippen LogP contribution in [0, 0.1) is 6.92 Å². The Hall–Kier alpha value is -1.99. The summed E-state index contributed by atoms with van der Waals surface area (Å²) in [6.45, 7) is 2.18. The minimum atomic E-state index is 0.989. The van der Waals surface area contributed by atoms with Gasteiger partial charge in [0.1, 0.15) is 0 Å². The Kier molecular flexibility index (Phi) is 4.42. The molecule has 0 aliphatic rings. The molecular formula is C20H18S. The summed E-state index contributed by atoms with van der Waals surface area (Å²) in [5.41, 5.74) is 4.15. The third-order valence-electron chi connectivity index (χ3n) is 3.59. The fourth-order valence-electron chi connectivity index (χ4n) is 2.38. The molecule has 0 N–H and O–H groups in total. The standard InChI is InChI=1S/C20H18S/c1-16-9-5-6-10-17(16)15-18-11-7-8-14-20(18)21-19-12-3-2-4-13-19/h2-14H,15H2,1H3. The largest absolute Gasteiger partial charge is 0.0898 e. The Morgan fingerprint density at radius 2 is 1.29 bits per heavy atom. The zero-order valence-electron chi connectivity index (χ0n) is 12.1. The third-order valence-corrected chi connectivity index (χ3v) is 4.71. The van der Waals surface area contributed by atoms with E-state index in [0.29, 0.717) is 0 Å². The fraction of sp³-hybridized carbons (Fsp3) is 0.100. The quantitative estimate of drug-likeness (QED) is 0.590. The average molecular weight is 290 g/mol. The number of benzene rings is 3. The summed E-state index contributed by atoms with van der Waals surface area (Å²) in [6, 6.07) is 27.9. The number of aryl methyl sites for hydroxylation is 1. The molecule has 0 saturated heterocycles. The van der Waals surface area contributed by atoms with Crippen molar-refractivity contribution in [3.8, 4) is 0 Å². The van der Waals surface area contributed by atoms with E-state index in [4.69, 9.17) is 0 Å². The lowest BCUT2D eigenvalue weighted by atomic mass is 10.0. The van der Waals surface area contributed by atoms with Crippen LogP contribution in [0.4, 0.5) is 0 Å². The Balaban J connectivity index is 1.88. The summed E-state index contributed by atoms with van der Waals surface area (Å²) < 4.78 is 0. The van der Waals surface area contributed by atoms with Gasteiger partial charge < -0.3 is 0 Å². The van der Waals surface area contributed by atoms with Gasteiger partial charge in [-0.1, -0.05) is 72.4 Å². The molecule has 3 rings (SSSR count). The molecule has 0 fully saturated rings. The van der Waals surface area contributed by atoms with E-state index in [1.165, 1.54) is 26.5 Å². The maximum Gasteiger partial charge on any atom is 0.0157 e. The number of hydrogen-bond acceptors (Lipinski definition) is 1. The molecule has 0 aromatic heterocycles. The Bertz CT molecular complexity index is 717. The van der Waals surface area contributed by atoms with Gasteiger partial charge in [-0.25, -0.2) is 0 Å². The molecule has 0 heterocycles. The normalized spacial score (nSPS) is 10.5. The first kappa shape index (κ1) is 14.0. The van der Waals surface area contributed by atoms with Gasteiger partial charge in [0.15, 0.2) is 0 Å². The molecular weight excluding hydrogens is 272 g/mol. The highest BCUT2D eigenvalue weighted by molar-refractivity contribution is 7.99. The van der Waals surface area contributed by atoms with E-state index < -0.39 is 0 Å². The van der Waals surface area contributed by atoms with E-state index in [0.717, 1.165) is 6.42 Å². The molecule has 3 aromatic rings. The van der Waals surface area contributed by atoms with Gasteiger partial charge in [-0.05, 0) is 48.2 Å². The Labute approximate surface area is 130 Å². The highest BCUT2D eigenvalue weighted by Crippen LogP contribution is 2.31. The first-order chi connectivity index (χ1) is 10.3. The van der Waals surface area contributed by atoms with Crippen LogP contribution in [0.25, 0.3) is 0 Å². The van der Waals surface area contributed by atoms with Gasteiger partial charge in [0, 0.05) is 9.79 Å². The molecule has 0 amide bonds. The van der Waals surface area contributed by atoms with Crippen molar-refractivity contribution in [2.24, 2.45) is 0 Å².